The van der Waals surface area contributed by atoms with Crippen LogP contribution in [0.5, 0.6) is 0 Å². The molecule has 0 spiro atoms. The number of anilines is 2. The van der Waals surface area contributed by atoms with Crippen molar-refractivity contribution in [3.05, 3.63) is 59.7 Å². The number of hydrogen-bond acceptors (Lipinski definition) is 3. The van der Waals surface area contributed by atoms with Crippen LogP contribution in [0.1, 0.15) is 18.1 Å². The third-order valence-electron chi connectivity index (χ3n) is 2.82. The second-order valence-corrected chi connectivity index (χ2v) is 4.17. The van der Waals surface area contributed by atoms with Gasteiger partial charge in [-0.3, -0.25) is 9.69 Å². The van der Waals surface area contributed by atoms with Crippen molar-refractivity contribution in [2.45, 2.75) is 6.92 Å². The Kier molecular flexibility index (Phi) is 3.79. The van der Waals surface area contributed by atoms with Gasteiger partial charge in [-0.25, -0.2) is 0 Å². The minimum atomic E-state index is -0.139. The van der Waals surface area contributed by atoms with Gasteiger partial charge in [0.2, 0.25) is 5.91 Å². The minimum Gasteiger partial charge on any atom is -0.281 e. The summed E-state index contributed by atoms with van der Waals surface area (Å²) in [5.74, 6) is -0.139. The van der Waals surface area contributed by atoms with Crippen molar-refractivity contribution in [3.8, 4) is 12.1 Å². The average molecular weight is 261 g/mol. The molecule has 0 radical (unpaired) electrons. The van der Waals surface area contributed by atoms with Crippen molar-refractivity contribution in [2.75, 3.05) is 4.90 Å². The summed E-state index contributed by atoms with van der Waals surface area (Å²) < 4.78 is 0. The van der Waals surface area contributed by atoms with Crippen molar-refractivity contribution in [1.82, 2.24) is 0 Å². The van der Waals surface area contributed by atoms with Gasteiger partial charge >= 0.3 is 0 Å². The van der Waals surface area contributed by atoms with Gasteiger partial charge in [0.05, 0.1) is 23.3 Å². The summed E-state index contributed by atoms with van der Waals surface area (Å²) in [6.45, 7) is 1.47. The molecular weight excluding hydrogens is 250 g/mol. The lowest BCUT2D eigenvalue weighted by Crippen LogP contribution is -2.22. The third kappa shape index (κ3) is 2.66. The van der Waals surface area contributed by atoms with Crippen LogP contribution >= 0.6 is 0 Å². The molecule has 0 saturated carbocycles. The van der Waals surface area contributed by atoms with E-state index in [1.54, 1.807) is 48.5 Å². The maximum atomic E-state index is 11.8. The number of nitrogens with zero attached hydrogens (tertiary/aromatic N) is 3. The highest BCUT2D eigenvalue weighted by atomic mass is 16.2. The predicted molar refractivity (Wildman–Crippen MR) is 75.1 cm³/mol. The second kappa shape index (κ2) is 5.69. The molecule has 0 aliphatic rings. The van der Waals surface area contributed by atoms with Gasteiger partial charge in [-0.1, -0.05) is 0 Å². The Morgan fingerprint density at radius 1 is 0.850 bits per heavy atom. The van der Waals surface area contributed by atoms with Crippen molar-refractivity contribution >= 4 is 17.3 Å². The zero-order chi connectivity index (χ0) is 14.5. The van der Waals surface area contributed by atoms with Gasteiger partial charge in [-0.15, -0.1) is 0 Å². The van der Waals surface area contributed by atoms with Crippen LogP contribution in [0.2, 0.25) is 0 Å². The predicted octanol–water partition coefficient (Wildman–Crippen LogP) is 3.11. The molecule has 0 heterocycles. The Balaban J connectivity index is 2.42. The van der Waals surface area contributed by atoms with Crippen LogP contribution in [0, 0.1) is 22.7 Å². The lowest BCUT2D eigenvalue weighted by Gasteiger charge is -2.21. The molecule has 96 valence electrons. The molecule has 1 amide bonds. The third-order valence-corrected chi connectivity index (χ3v) is 2.82. The molecule has 0 N–H and O–H groups in total. The van der Waals surface area contributed by atoms with E-state index in [0.29, 0.717) is 22.5 Å². The van der Waals surface area contributed by atoms with E-state index in [9.17, 15) is 4.79 Å². The Labute approximate surface area is 117 Å². The minimum absolute atomic E-state index is 0.139. The van der Waals surface area contributed by atoms with Gasteiger partial charge in [-0.05, 0) is 48.5 Å². The summed E-state index contributed by atoms with van der Waals surface area (Å²) in [5, 5.41) is 17.6. The molecule has 0 aromatic heterocycles. The van der Waals surface area contributed by atoms with Crippen LogP contribution in [0.25, 0.3) is 0 Å². The summed E-state index contributed by atoms with van der Waals surface area (Å²) in [6.07, 6.45) is 0. The molecule has 4 nitrogen and oxygen atoms in total. The largest absolute Gasteiger partial charge is 0.281 e. The highest BCUT2D eigenvalue weighted by Gasteiger charge is 2.13. The van der Waals surface area contributed by atoms with Gasteiger partial charge < -0.3 is 0 Å². The van der Waals surface area contributed by atoms with Gasteiger partial charge in [0, 0.05) is 18.3 Å². The van der Waals surface area contributed by atoms with Gasteiger partial charge in [-0.2, -0.15) is 10.5 Å². The zero-order valence-corrected chi connectivity index (χ0v) is 10.9. The normalized spacial score (nSPS) is 9.35. The monoisotopic (exact) mass is 261 g/mol. The molecule has 2 rings (SSSR count). The lowest BCUT2D eigenvalue weighted by molar-refractivity contribution is -0.115. The van der Waals surface area contributed by atoms with E-state index < -0.39 is 0 Å². The van der Waals surface area contributed by atoms with Crippen LogP contribution in [0.3, 0.4) is 0 Å². The highest BCUT2D eigenvalue weighted by Crippen LogP contribution is 2.26. The molecule has 2 aromatic carbocycles. The van der Waals surface area contributed by atoms with E-state index in [1.807, 2.05) is 12.1 Å². The van der Waals surface area contributed by atoms with Gasteiger partial charge in [0.15, 0.2) is 0 Å². The molecular formula is C16H11N3O. The van der Waals surface area contributed by atoms with Gasteiger partial charge in [0.25, 0.3) is 0 Å². The van der Waals surface area contributed by atoms with E-state index in [-0.39, 0.29) is 5.91 Å². The summed E-state index contributed by atoms with van der Waals surface area (Å²) in [7, 11) is 0. The van der Waals surface area contributed by atoms with Crippen molar-refractivity contribution in [3.63, 3.8) is 0 Å². The summed E-state index contributed by atoms with van der Waals surface area (Å²) in [6, 6.07) is 17.6. The maximum absolute atomic E-state index is 11.8. The first-order chi connectivity index (χ1) is 9.65. The van der Waals surface area contributed by atoms with Crippen LogP contribution < -0.4 is 4.90 Å². The first kappa shape index (κ1) is 13.3. The van der Waals surface area contributed by atoms with Crippen LogP contribution in [0.15, 0.2) is 48.5 Å². The fourth-order valence-electron chi connectivity index (χ4n) is 1.88. The maximum Gasteiger partial charge on any atom is 0.228 e. The SMILES string of the molecule is CC(=O)N(c1ccc(C#N)cc1)c1ccc(C#N)cc1. The van der Waals surface area contributed by atoms with E-state index in [2.05, 4.69) is 0 Å². The Morgan fingerprint density at radius 2 is 1.20 bits per heavy atom. The molecule has 0 fully saturated rings. The standard InChI is InChI=1S/C16H11N3O/c1-12(20)19(15-6-2-13(10-17)3-7-15)16-8-4-14(11-18)5-9-16/h2-9H,1H3. The Bertz CT molecular complexity index is 646. The molecule has 4 heteroatoms. The molecule has 0 atom stereocenters. The van der Waals surface area contributed by atoms with Crippen molar-refractivity contribution in [1.29, 1.82) is 10.5 Å². The van der Waals surface area contributed by atoms with E-state index in [0.717, 1.165) is 0 Å². The van der Waals surface area contributed by atoms with Crippen LogP contribution in [0.4, 0.5) is 11.4 Å². The van der Waals surface area contributed by atoms with Crippen LogP contribution in [-0.2, 0) is 4.79 Å². The number of hydrogen-bond donors (Lipinski definition) is 0. The fourth-order valence-corrected chi connectivity index (χ4v) is 1.88. The van der Waals surface area contributed by atoms with Gasteiger partial charge in [0.1, 0.15) is 0 Å². The Hall–Kier alpha value is -3.11. The van der Waals surface area contributed by atoms with Crippen molar-refractivity contribution in [2.24, 2.45) is 0 Å². The fraction of sp³-hybridized carbons (Fsp3) is 0.0625. The molecule has 0 unspecified atom stereocenters. The molecule has 20 heavy (non-hydrogen) atoms. The number of nitriles is 2. The van der Waals surface area contributed by atoms with Crippen LogP contribution in [-0.4, -0.2) is 5.91 Å². The second-order valence-electron chi connectivity index (χ2n) is 4.17. The number of carbonyl (C=O) groups excluding carboxylic acids is 1. The average Bonchev–Trinajstić information content (AvgIpc) is 2.48. The Morgan fingerprint density at radius 3 is 1.45 bits per heavy atom. The smallest absolute Gasteiger partial charge is 0.228 e. The van der Waals surface area contributed by atoms with E-state index in [1.165, 1.54) is 11.8 Å². The molecule has 0 saturated heterocycles. The summed E-state index contributed by atoms with van der Waals surface area (Å²) in [5.41, 5.74) is 2.44. The van der Waals surface area contributed by atoms with E-state index >= 15 is 0 Å². The first-order valence-electron chi connectivity index (χ1n) is 5.96. The highest BCUT2D eigenvalue weighted by molar-refractivity contribution is 5.99. The molecule has 0 aliphatic heterocycles. The number of carbonyl (C=O) groups is 1. The molecule has 2 aromatic rings. The number of rotatable bonds is 2. The number of benzene rings is 2. The first-order valence-corrected chi connectivity index (χ1v) is 5.96. The van der Waals surface area contributed by atoms with Crippen molar-refractivity contribution < 1.29 is 4.79 Å². The lowest BCUT2D eigenvalue weighted by atomic mass is 10.1. The quantitative estimate of drug-likeness (QED) is 0.834. The topological polar surface area (TPSA) is 67.9 Å². The molecule has 0 aliphatic carbocycles. The summed E-state index contributed by atoms with van der Waals surface area (Å²) >= 11 is 0. The zero-order valence-electron chi connectivity index (χ0n) is 10.9. The molecule has 0 bridgehead atoms. The summed E-state index contributed by atoms with van der Waals surface area (Å²) in [4.78, 5) is 13.4. The van der Waals surface area contributed by atoms with E-state index in [4.69, 9.17) is 10.5 Å². The number of amides is 1.